The molecule has 1 unspecified atom stereocenters. The molecule has 144 valence electrons. The molecule has 0 aromatic carbocycles. The summed E-state index contributed by atoms with van der Waals surface area (Å²) in [5.41, 5.74) is 2.28. The lowest BCUT2D eigenvalue weighted by Crippen LogP contribution is -2.22. The van der Waals surface area contributed by atoms with E-state index < -0.39 is 6.61 Å². The Morgan fingerprint density at radius 2 is 2.33 bits per heavy atom. The van der Waals surface area contributed by atoms with Crippen molar-refractivity contribution in [1.82, 2.24) is 29.9 Å². The average Bonchev–Trinajstić information content (AvgIpc) is 3.25. The Balaban J connectivity index is 1.63. The normalized spacial score (nSPS) is 17.6. The maximum Gasteiger partial charge on any atom is 0.388 e. The highest BCUT2D eigenvalue weighted by atomic mass is 19.3. The van der Waals surface area contributed by atoms with Crippen molar-refractivity contribution in [2.45, 2.75) is 38.8 Å². The minimum absolute atomic E-state index is 0.113. The van der Waals surface area contributed by atoms with Crippen LogP contribution in [0.1, 0.15) is 31.5 Å². The summed E-state index contributed by atoms with van der Waals surface area (Å²) in [7, 11) is 0. The van der Waals surface area contributed by atoms with Crippen LogP contribution >= 0.6 is 0 Å². The van der Waals surface area contributed by atoms with Gasteiger partial charge in [-0.25, -0.2) is 19.7 Å². The number of halogens is 2. The Morgan fingerprint density at radius 1 is 1.44 bits per heavy atom. The molecule has 1 atom stereocenters. The summed E-state index contributed by atoms with van der Waals surface area (Å²) < 4.78 is 36.2. The molecule has 0 saturated carbocycles. The average molecular weight is 379 g/mol. The molecule has 11 heteroatoms. The number of nitrogens with zero attached hydrogens (tertiary/aromatic N) is 5. The van der Waals surface area contributed by atoms with Gasteiger partial charge in [0.2, 0.25) is 5.88 Å². The van der Waals surface area contributed by atoms with Crippen molar-refractivity contribution in [3.8, 4) is 5.88 Å². The quantitative estimate of drug-likeness (QED) is 0.679. The highest BCUT2D eigenvalue weighted by Crippen LogP contribution is 2.26. The molecule has 0 bridgehead atoms. The van der Waals surface area contributed by atoms with Crippen LogP contribution < -0.4 is 10.1 Å². The summed E-state index contributed by atoms with van der Waals surface area (Å²) >= 11 is 0. The zero-order valence-electron chi connectivity index (χ0n) is 14.7. The van der Waals surface area contributed by atoms with Crippen LogP contribution in [0.25, 0.3) is 11.2 Å². The number of anilines is 2. The first-order chi connectivity index (χ1) is 13.1. The van der Waals surface area contributed by atoms with Crippen LogP contribution in [0.5, 0.6) is 5.88 Å². The van der Waals surface area contributed by atoms with E-state index in [9.17, 15) is 8.78 Å². The summed E-state index contributed by atoms with van der Waals surface area (Å²) in [6.07, 6.45) is 4.24. The molecule has 1 fully saturated rings. The van der Waals surface area contributed by atoms with E-state index in [1.807, 2.05) is 11.6 Å². The Labute approximate surface area is 153 Å². The largest absolute Gasteiger partial charge is 0.417 e. The third-order valence-corrected chi connectivity index (χ3v) is 4.32. The topological polar surface area (TPSA) is 103 Å². The Morgan fingerprint density at radius 3 is 3.07 bits per heavy atom. The molecule has 1 aliphatic rings. The highest BCUT2D eigenvalue weighted by Gasteiger charge is 2.22. The van der Waals surface area contributed by atoms with E-state index in [4.69, 9.17) is 4.74 Å². The molecule has 1 saturated heterocycles. The summed E-state index contributed by atoms with van der Waals surface area (Å²) in [5, 5.41) is 13.9. The molecule has 0 amide bonds. The van der Waals surface area contributed by atoms with Crippen LogP contribution in [0.4, 0.5) is 20.4 Å². The van der Waals surface area contributed by atoms with Crippen molar-refractivity contribution in [3.05, 3.63) is 18.0 Å². The molecule has 0 aliphatic carbocycles. The van der Waals surface area contributed by atoms with Gasteiger partial charge in [-0.1, -0.05) is 6.92 Å². The van der Waals surface area contributed by atoms with Crippen LogP contribution in [-0.2, 0) is 11.2 Å². The van der Waals surface area contributed by atoms with Crippen molar-refractivity contribution in [2.75, 3.05) is 18.5 Å². The fraction of sp³-hybridized carbons (Fsp3) is 0.500. The van der Waals surface area contributed by atoms with Gasteiger partial charge in [0.25, 0.3) is 0 Å². The Kier molecular flexibility index (Phi) is 4.84. The zero-order valence-corrected chi connectivity index (χ0v) is 14.7. The number of nitrogens with one attached hydrogen (secondary N) is 2. The first-order valence-corrected chi connectivity index (χ1v) is 8.73. The van der Waals surface area contributed by atoms with Gasteiger partial charge in [-0.3, -0.25) is 0 Å². The van der Waals surface area contributed by atoms with Gasteiger partial charge in [-0.15, -0.1) is 0 Å². The summed E-state index contributed by atoms with van der Waals surface area (Å²) in [6, 6.07) is 1.43. The van der Waals surface area contributed by atoms with Gasteiger partial charge in [0.05, 0.1) is 24.5 Å². The van der Waals surface area contributed by atoms with E-state index in [-0.39, 0.29) is 11.9 Å². The molecule has 1 aliphatic heterocycles. The summed E-state index contributed by atoms with van der Waals surface area (Å²) in [5.74, 6) is 0.583. The predicted molar refractivity (Wildman–Crippen MR) is 92.3 cm³/mol. The number of rotatable bonds is 6. The van der Waals surface area contributed by atoms with Crippen LogP contribution in [-0.4, -0.2) is 49.8 Å². The SMILES string of the molecule is CCc1nn(C2CCCOC2)c2nc(Nc3cc(OC(F)F)[nH]n3)cnc12. The maximum atomic E-state index is 12.3. The monoisotopic (exact) mass is 379 g/mol. The molecular formula is C16H19F2N7O2. The number of hydrogen-bond donors (Lipinski definition) is 2. The standard InChI is InChI=1S/C16H19F2N7O2/c1-2-10-14-15(25(24-10)9-4-3-5-26-8-9)21-12(7-19-14)20-11-6-13(23-22-11)27-16(17)18/h6-7,9,16H,2-5,8H2,1H3,(H2,20,21,22,23). The van der Waals surface area contributed by atoms with E-state index in [2.05, 4.69) is 35.3 Å². The Hall–Kier alpha value is -2.82. The van der Waals surface area contributed by atoms with Crippen molar-refractivity contribution < 1.29 is 18.3 Å². The van der Waals surface area contributed by atoms with Crippen LogP contribution in [0, 0.1) is 0 Å². The molecule has 0 spiro atoms. The van der Waals surface area contributed by atoms with Gasteiger partial charge < -0.3 is 14.8 Å². The third-order valence-electron chi connectivity index (χ3n) is 4.32. The number of H-pyrrole nitrogens is 1. The van der Waals surface area contributed by atoms with Crippen molar-refractivity contribution in [3.63, 3.8) is 0 Å². The molecular weight excluding hydrogens is 360 g/mol. The van der Waals surface area contributed by atoms with Crippen LogP contribution in [0.2, 0.25) is 0 Å². The number of ether oxygens (including phenoxy) is 2. The predicted octanol–water partition coefficient (Wildman–Crippen LogP) is 2.81. The first kappa shape index (κ1) is 17.6. The minimum Gasteiger partial charge on any atom is -0.417 e. The van der Waals surface area contributed by atoms with Crippen molar-refractivity contribution in [2.24, 2.45) is 0 Å². The van der Waals surface area contributed by atoms with Gasteiger partial charge in [0.15, 0.2) is 17.3 Å². The van der Waals surface area contributed by atoms with Gasteiger partial charge in [-0.2, -0.15) is 19.0 Å². The summed E-state index contributed by atoms with van der Waals surface area (Å²) in [4.78, 5) is 9.09. The number of aromatic nitrogens is 6. The zero-order chi connectivity index (χ0) is 18.8. The molecule has 9 nitrogen and oxygen atoms in total. The molecule has 0 radical (unpaired) electrons. The second kappa shape index (κ2) is 7.43. The van der Waals surface area contributed by atoms with Crippen molar-refractivity contribution in [1.29, 1.82) is 0 Å². The van der Waals surface area contributed by atoms with E-state index in [1.165, 1.54) is 6.07 Å². The fourth-order valence-electron chi connectivity index (χ4n) is 3.09. The molecule has 27 heavy (non-hydrogen) atoms. The van der Waals surface area contributed by atoms with Crippen LogP contribution in [0.3, 0.4) is 0 Å². The number of aryl methyl sites for hydroxylation is 1. The van der Waals surface area contributed by atoms with E-state index in [0.717, 1.165) is 37.1 Å². The summed E-state index contributed by atoms with van der Waals surface area (Å²) in [6.45, 7) is 0.448. The van der Waals surface area contributed by atoms with Crippen molar-refractivity contribution >= 4 is 22.8 Å². The molecule has 4 rings (SSSR count). The third kappa shape index (κ3) is 3.68. The second-order valence-corrected chi connectivity index (χ2v) is 6.16. The maximum absolute atomic E-state index is 12.3. The van der Waals surface area contributed by atoms with E-state index in [0.29, 0.717) is 23.9 Å². The minimum atomic E-state index is -2.92. The number of fused-ring (bicyclic) bond motifs is 1. The lowest BCUT2D eigenvalue weighted by Gasteiger charge is -2.22. The first-order valence-electron chi connectivity index (χ1n) is 8.73. The number of aromatic amines is 1. The second-order valence-electron chi connectivity index (χ2n) is 6.16. The van der Waals surface area contributed by atoms with Gasteiger partial charge in [0.1, 0.15) is 5.52 Å². The lowest BCUT2D eigenvalue weighted by molar-refractivity contribution is -0.0528. The van der Waals surface area contributed by atoms with Crippen LogP contribution in [0.15, 0.2) is 12.3 Å². The van der Waals surface area contributed by atoms with Gasteiger partial charge >= 0.3 is 6.61 Å². The number of alkyl halides is 2. The smallest absolute Gasteiger partial charge is 0.388 e. The molecule has 3 aromatic rings. The van der Waals surface area contributed by atoms with Gasteiger partial charge in [0, 0.05) is 12.7 Å². The molecule has 2 N–H and O–H groups in total. The fourth-order valence-corrected chi connectivity index (χ4v) is 3.09. The molecule has 3 aromatic heterocycles. The van der Waals surface area contributed by atoms with E-state index >= 15 is 0 Å². The lowest BCUT2D eigenvalue weighted by atomic mass is 10.1. The van der Waals surface area contributed by atoms with E-state index in [1.54, 1.807) is 6.20 Å². The number of hydrogen-bond acceptors (Lipinski definition) is 7. The Bertz CT molecular complexity index is 921. The molecule has 4 heterocycles. The highest BCUT2D eigenvalue weighted by molar-refractivity contribution is 5.75. The van der Waals surface area contributed by atoms with Gasteiger partial charge in [-0.05, 0) is 19.3 Å².